The summed E-state index contributed by atoms with van der Waals surface area (Å²) >= 11 is 1.44. The molecular formula is C17H18FN3O2S2. The first-order valence-electron chi connectivity index (χ1n) is 7.74. The Kier molecular flexibility index (Phi) is 5.03. The van der Waals surface area contributed by atoms with E-state index in [9.17, 15) is 12.8 Å². The molecule has 0 saturated carbocycles. The summed E-state index contributed by atoms with van der Waals surface area (Å²) in [6.45, 7) is 3.96. The molecule has 0 unspecified atom stereocenters. The second-order valence-electron chi connectivity index (χ2n) is 5.84. The Labute approximate surface area is 150 Å². The molecule has 2 heterocycles. The number of benzene rings is 1. The first-order chi connectivity index (χ1) is 11.9. The summed E-state index contributed by atoms with van der Waals surface area (Å²) in [6.07, 6.45) is 1.55. The molecule has 132 valence electrons. The van der Waals surface area contributed by atoms with Gasteiger partial charge in [-0.05, 0) is 43.0 Å². The van der Waals surface area contributed by atoms with Gasteiger partial charge in [0.15, 0.2) is 0 Å². The Morgan fingerprint density at radius 3 is 2.56 bits per heavy atom. The molecule has 3 rings (SSSR count). The number of halogens is 1. The van der Waals surface area contributed by atoms with E-state index in [-0.39, 0.29) is 23.3 Å². The Balaban J connectivity index is 1.92. The van der Waals surface area contributed by atoms with Crippen molar-refractivity contribution < 1.29 is 12.8 Å². The Morgan fingerprint density at radius 1 is 1.24 bits per heavy atom. The zero-order valence-corrected chi connectivity index (χ0v) is 15.4. The van der Waals surface area contributed by atoms with Crippen LogP contribution in [0.5, 0.6) is 0 Å². The van der Waals surface area contributed by atoms with E-state index >= 15 is 0 Å². The third kappa shape index (κ3) is 3.97. The zero-order valence-electron chi connectivity index (χ0n) is 13.8. The Hall–Kier alpha value is -2.03. The van der Waals surface area contributed by atoms with Crippen molar-refractivity contribution in [1.29, 1.82) is 0 Å². The van der Waals surface area contributed by atoms with Crippen LogP contribution in [0, 0.1) is 5.82 Å². The average molecular weight is 379 g/mol. The third-order valence-corrected chi connectivity index (χ3v) is 5.93. The second-order valence-corrected chi connectivity index (χ2v) is 8.53. The van der Waals surface area contributed by atoms with Gasteiger partial charge in [-0.2, -0.15) is 5.10 Å². The standard InChI is InChI=1S/C17H18FN3O2S2/c1-12(2)21-11-16(17(20-21)15-4-3-9-24-15)25(22,23)19-10-13-5-7-14(18)8-6-13/h3-9,11-12,19H,10H2,1-2H3. The summed E-state index contributed by atoms with van der Waals surface area (Å²) < 4.78 is 42.8. The maximum atomic E-state index is 13.0. The van der Waals surface area contributed by atoms with Gasteiger partial charge >= 0.3 is 0 Å². The summed E-state index contributed by atoms with van der Waals surface area (Å²) in [7, 11) is -3.76. The van der Waals surface area contributed by atoms with Crippen molar-refractivity contribution in [2.24, 2.45) is 0 Å². The number of hydrogen-bond acceptors (Lipinski definition) is 4. The fraction of sp³-hybridized carbons (Fsp3) is 0.235. The number of hydrogen-bond donors (Lipinski definition) is 1. The van der Waals surface area contributed by atoms with Crippen molar-refractivity contribution in [3.8, 4) is 10.6 Å². The van der Waals surface area contributed by atoms with Crippen LogP contribution in [-0.2, 0) is 16.6 Å². The summed E-state index contributed by atoms with van der Waals surface area (Å²) in [4.78, 5) is 0.937. The van der Waals surface area contributed by atoms with Gasteiger partial charge in [0.05, 0.1) is 4.88 Å². The summed E-state index contributed by atoms with van der Waals surface area (Å²) in [5.41, 5.74) is 1.12. The molecular weight excluding hydrogens is 361 g/mol. The minimum absolute atomic E-state index is 0.0414. The van der Waals surface area contributed by atoms with E-state index in [0.717, 1.165) is 4.88 Å². The molecule has 25 heavy (non-hydrogen) atoms. The van der Waals surface area contributed by atoms with Gasteiger partial charge in [0.25, 0.3) is 0 Å². The van der Waals surface area contributed by atoms with Gasteiger partial charge in [-0.15, -0.1) is 11.3 Å². The normalized spacial score (nSPS) is 12.0. The van der Waals surface area contributed by atoms with Crippen molar-refractivity contribution in [3.05, 3.63) is 59.4 Å². The van der Waals surface area contributed by atoms with Crippen molar-refractivity contribution in [2.75, 3.05) is 0 Å². The molecule has 1 N–H and O–H groups in total. The van der Waals surface area contributed by atoms with Gasteiger partial charge in [0.1, 0.15) is 16.4 Å². The maximum Gasteiger partial charge on any atom is 0.244 e. The zero-order chi connectivity index (χ0) is 18.0. The van der Waals surface area contributed by atoms with Gasteiger partial charge in [0.2, 0.25) is 10.0 Å². The van der Waals surface area contributed by atoms with E-state index in [0.29, 0.717) is 11.3 Å². The molecule has 0 amide bonds. The van der Waals surface area contributed by atoms with E-state index in [1.54, 1.807) is 23.0 Å². The van der Waals surface area contributed by atoms with Crippen LogP contribution >= 0.6 is 11.3 Å². The number of thiophene rings is 1. The average Bonchev–Trinajstić information content (AvgIpc) is 3.23. The fourth-order valence-corrected chi connectivity index (χ4v) is 4.23. The predicted octanol–water partition coefficient (Wildman–Crippen LogP) is 3.81. The lowest BCUT2D eigenvalue weighted by atomic mass is 10.2. The van der Waals surface area contributed by atoms with Crippen LogP contribution in [0.15, 0.2) is 52.9 Å². The SMILES string of the molecule is CC(C)n1cc(S(=O)(=O)NCc2ccc(F)cc2)c(-c2cccs2)n1. The smallest absolute Gasteiger partial charge is 0.244 e. The number of sulfonamides is 1. The highest BCUT2D eigenvalue weighted by Crippen LogP contribution is 2.30. The third-order valence-electron chi connectivity index (χ3n) is 3.65. The molecule has 3 aromatic rings. The van der Waals surface area contributed by atoms with E-state index in [1.165, 1.54) is 23.5 Å². The molecule has 1 aromatic carbocycles. The van der Waals surface area contributed by atoms with Crippen LogP contribution in [0.1, 0.15) is 25.5 Å². The van der Waals surface area contributed by atoms with Gasteiger partial charge < -0.3 is 0 Å². The topological polar surface area (TPSA) is 64.0 Å². The quantitative estimate of drug-likeness (QED) is 0.708. The lowest BCUT2D eigenvalue weighted by molar-refractivity contribution is 0.532. The van der Waals surface area contributed by atoms with Crippen LogP contribution in [0.4, 0.5) is 4.39 Å². The molecule has 0 bridgehead atoms. The molecule has 0 radical (unpaired) electrons. The van der Waals surface area contributed by atoms with Gasteiger partial charge in [-0.1, -0.05) is 18.2 Å². The summed E-state index contributed by atoms with van der Waals surface area (Å²) in [5, 5.41) is 6.32. The predicted molar refractivity (Wildman–Crippen MR) is 96.4 cm³/mol. The van der Waals surface area contributed by atoms with Gasteiger partial charge in [-0.3, -0.25) is 4.68 Å². The molecule has 0 aliphatic rings. The van der Waals surface area contributed by atoms with Crippen molar-refractivity contribution >= 4 is 21.4 Å². The van der Waals surface area contributed by atoms with Crippen molar-refractivity contribution in [1.82, 2.24) is 14.5 Å². The van der Waals surface area contributed by atoms with Crippen molar-refractivity contribution in [3.63, 3.8) is 0 Å². The lowest BCUT2D eigenvalue weighted by Gasteiger charge is -2.06. The minimum Gasteiger partial charge on any atom is -0.268 e. The number of aromatic nitrogens is 2. The van der Waals surface area contributed by atoms with Gasteiger partial charge in [0, 0.05) is 18.8 Å². The van der Waals surface area contributed by atoms with Crippen LogP contribution in [0.2, 0.25) is 0 Å². The monoisotopic (exact) mass is 379 g/mol. The first-order valence-corrected chi connectivity index (χ1v) is 10.1. The highest BCUT2D eigenvalue weighted by Gasteiger charge is 2.24. The van der Waals surface area contributed by atoms with Crippen LogP contribution in [0.25, 0.3) is 10.6 Å². The maximum absolute atomic E-state index is 13.0. The summed E-state index contributed by atoms with van der Waals surface area (Å²) in [5.74, 6) is -0.357. The number of rotatable bonds is 6. The molecule has 0 saturated heterocycles. The van der Waals surface area contributed by atoms with E-state index in [2.05, 4.69) is 9.82 Å². The van der Waals surface area contributed by atoms with E-state index in [1.807, 2.05) is 31.4 Å². The highest BCUT2D eigenvalue weighted by atomic mass is 32.2. The van der Waals surface area contributed by atoms with E-state index in [4.69, 9.17) is 0 Å². The molecule has 0 aliphatic heterocycles. The van der Waals surface area contributed by atoms with E-state index < -0.39 is 10.0 Å². The number of nitrogens with one attached hydrogen (secondary N) is 1. The molecule has 2 aromatic heterocycles. The van der Waals surface area contributed by atoms with Crippen LogP contribution in [0.3, 0.4) is 0 Å². The lowest BCUT2D eigenvalue weighted by Crippen LogP contribution is -2.23. The number of nitrogens with zero attached hydrogens (tertiary/aromatic N) is 2. The Bertz CT molecular complexity index is 946. The molecule has 5 nitrogen and oxygen atoms in total. The first kappa shape index (κ1) is 17.8. The summed E-state index contributed by atoms with van der Waals surface area (Å²) in [6, 6.07) is 9.45. The molecule has 0 atom stereocenters. The molecule has 8 heteroatoms. The van der Waals surface area contributed by atoms with Crippen molar-refractivity contribution in [2.45, 2.75) is 31.3 Å². The fourth-order valence-electron chi connectivity index (χ4n) is 2.28. The molecule has 0 aliphatic carbocycles. The molecule has 0 fully saturated rings. The second kappa shape index (κ2) is 7.07. The largest absolute Gasteiger partial charge is 0.268 e. The van der Waals surface area contributed by atoms with Gasteiger partial charge in [-0.25, -0.2) is 17.5 Å². The van der Waals surface area contributed by atoms with Crippen LogP contribution < -0.4 is 4.72 Å². The minimum atomic E-state index is -3.76. The highest BCUT2D eigenvalue weighted by molar-refractivity contribution is 7.89. The van der Waals surface area contributed by atoms with Crippen LogP contribution in [-0.4, -0.2) is 18.2 Å². The Morgan fingerprint density at radius 2 is 1.96 bits per heavy atom. The molecule has 0 spiro atoms.